The molecule has 2 heterocycles. The van der Waals surface area contributed by atoms with Crippen LogP contribution in [0.1, 0.15) is 11.4 Å². The largest absolute Gasteiger partial charge is 0.278 e. The summed E-state index contributed by atoms with van der Waals surface area (Å²) in [5.41, 5.74) is 3.54. The third-order valence-corrected chi connectivity index (χ3v) is 4.61. The van der Waals surface area contributed by atoms with Crippen molar-refractivity contribution in [3.05, 3.63) is 51.3 Å². The maximum Gasteiger partial charge on any atom is 0.164 e. The number of nitrogens with zero attached hydrogens (tertiary/aromatic N) is 3. The number of hydrogen-bond donors (Lipinski definition) is 0. The van der Waals surface area contributed by atoms with Crippen LogP contribution in [0.5, 0.6) is 0 Å². The minimum Gasteiger partial charge on any atom is -0.278 e. The Morgan fingerprint density at radius 1 is 1.35 bits per heavy atom. The van der Waals surface area contributed by atoms with Gasteiger partial charge in [-0.05, 0) is 46.6 Å². The minimum atomic E-state index is 0.300. The molecule has 0 atom stereocenters. The standard InChI is InChI=1S/C14H10BrCl2N3/c1-8-5-10-14(18-7-8)20(12(6-16)19-10)11-4-2-3-9(17)13(11)15/h2-5,7H,6H2,1H3. The Morgan fingerprint density at radius 3 is 2.90 bits per heavy atom. The van der Waals surface area contributed by atoms with Gasteiger partial charge in [0.1, 0.15) is 11.3 Å². The summed E-state index contributed by atoms with van der Waals surface area (Å²) in [4.78, 5) is 9.02. The monoisotopic (exact) mass is 369 g/mol. The fraction of sp³-hybridized carbons (Fsp3) is 0.143. The average Bonchev–Trinajstić information content (AvgIpc) is 2.79. The van der Waals surface area contributed by atoms with E-state index >= 15 is 0 Å². The summed E-state index contributed by atoms with van der Waals surface area (Å²) < 4.78 is 2.73. The SMILES string of the molecule is Cc1cnc2c(c1)nc(CCl)n2-c1cccc(Cl)c1Br. The Kier molecular flexibility index (Phi) is 3.71. The van der Waals surface area contributed by atoms with Crippen molar-refractivity contribution in [1.29, 1.82) is 0 Å². The second kappa shape index (κ2) is 5.35. The molecule has 0 amide bonds. The molecule has 0 bridgehead atoms. The zero-order valence-corrected chi connectivity index (χ0v) is 13.7. The van der Waals surface area contributed by atoms with E-state index in [2.05, 4.69) is 25.9 Å². The molecule has 0 aliphatic rings. The fourth-order valence-corrected chi connectivity index (χ4v) is 2.91. The normalized spacial score (nSPS) is 11.2. The second-order valence-corrected chi connectivity index (χ2v) is 5.89. The van der Waals surface area contributed by atoms with Crippen LogP contribution in [-0.4, -0.2) is 14.5 Å². The van der Waals surface area contributed by atoms with Gasteiger partial charge in [0, 0.05) is 6.20 Å². The van der Waals surface area contributed by atoms with E-state index in [1.807, 2.05) is 42.0 Å². The predicted octanol–water partition coefficient (Wildman–Crippen LogP) is 4.88. The lowest BCUT2D eigenvalue weighted by Gasteiger charge is -2.10. The Morgan fingerprint density at radius 2 is 2.15 bits per heavy atom. The first-order valence-electron chi connectivity index (χ1n) is 5.96. The number of rotatable bonds is 2. The van der Waals surface area contributed by atoms with E-state index in [9.17, 15) is 0 Å². The molecule has 0 aliphatic carbocycles. The first kappa shape index (κ1) is 13.9. The third-order valence-electron chi connectivity index (χ3n) is 3.00. The zero-order chi connectivity index (χ0) is 14.3. The number of alkyl halides is 1. The Balaban J connectivity index is 2.37. The van der Waals surface area contributed by atoms with Gasteiger partial charge in [-0.15, -0.1) is 11.6 Å². The summed E-state index contributed by atoms with van der Waals surface area (Å²) in [5, 5.41) is 0.636. The lowest BCUT2D eigenvalue weighted by molar-refractivity contribution is 0.965. The summed E-state index contributed by atoms with van der Waals surface area (Å²) in [6.07, 6.45) is 1.82. The van der Waals surface area contributed by atoms with Crippen molar-refractivity contribution < 1.29 is 0 Å². The van der Waals surface area contributed by atoms with E-state index < -0.39 is 0 Å². The van der Waals surface area contributed by atoms with Crippen LogP contribution in [0, 0.1) is 6.92 Å². The van der Waals surface area contributed by atoms with E-state index in [0.717, 1.165) is 32.7 Å². The number of pyridine rings is 1. The van der Waals surface area contributed by atoms with Crippen LogP contribution >= 0.6 is 39.1 Å². The molecular weight excluding hydrogens is 361 g/mol. The number of aryl methyl sites for hydroxylation is 1. The fourth-order valence-electron chi connectivity index (χ4n) is 2.12. The highest BCUT2D eigenvalue weighted by Crippen LogP contribution is 2.32. The van der Waals surface area contributed by atoms with Gasteiger partial charge in [0.15, 0.2) is 5.65 Å². The Bertz CT molecular complexity index is 798. The zero-order valence-electron chi connectivity index (χ0n) is 10.6. The minimum absolute atomic E-state index is 0.300. The summed E-state index contributed by atoms with van der Waals surface area (Å²) in [6, 6.07) is 7.66. The van der Waals surface area contributed by atoms with Crippen molar-refractivity contribution in [2.45, 2.75) is 12.8 Å². The van der Waals surface area contributed by atoms with Crippen LogP contribution in [0.4, 0.5) is 0 Å². The van der Waals surface area contributed by atoms with Crippen molar-refractivity contribution in [2.24, 2.45) is 0 Å². The molecule has 0 saturated heterocycles. The molecule has 20 heavy (non-hydrogen) atoms. The summed E-state index contributed by atoms with van der Waals surface area (Å²) in [7, 11) is 0. The maximum absolute atomic E-state index is 6.17. The van der Waals surface area contributed by atoms with E-state index in [0.29, 0.717) is 10.9 Å². The highest BCUT2D eigenvalue weighted by atomic mass is 79.9. The van der Waals surface area contributed by atoms with Crippen LogP contribution in [-0.2, 0) is 5.88 Å². The summed E-state index contributed by atoms with van der Waals surface area (Å²) in [5.74, 6) is 1.04. The van der Waals surface area contributed by atoms with E-state index in [1.54, 1.807) is 0 Å². The van der Waals surface area contributed by atoms with Gasteiger partial charge in [-0.1, -0.05) is 17.7 Å². The molecule has 1 aromatic carbocycles. The van der Waals surface area contributed by atoms with Crippen molar-refractivity contribution in [3.8, 4) is 5.69 Å². The van der Waals surface area contributed by atoms with Gasteiger partial charge in [0.2, 0.25) is 0 Å². The maximum atomic E-state index is 6.17. The van der Waals surface area contributed by atoms with Gasteiger partial charge in [-0.25, -0.2) is 9.97 Å². The van der Waals surface area contributed by atoms with Gasteiger partial charge in [0.05, 0.1) is 21.1 Å². The lowest BCUT2D eigenvalue weighted by atomic mass is 10.3. The number of hydrogen-bond acceptors (Lipinski definition) is 2. The molecule has 2 aromatic heterocycles. The van der Waals surface area contributed by atoms with Crippen LogP contribution < -0.4 is 0 Å². The van der Waals surface area contributed by atoms with Crippen LogP contribution in [0.25, 0.3) is 16.9 Å². The molecule has 0 N–H and O–H groups in total. The average molecular weight is 371 g/mol. The predicted molar refractivity (Wildman–Crippen MR) is 85.9 cm³/mol. The molecule has 0 fully saturated rings. The molecule has 0 spiro atoms. The number of imidazole rings is 1. The van der Waals surface area contributed by atoms with Crippen molar-refractivity contribution in [3.63, 3.8) is 0 Å². The number of benzene rings is 1. The van der Waals surface area contributed by atoms with Crippen LogP contribution in [0.2, 0.25) is 5.02 Å². The second-order valence-electron chi connectivity index (χ2n) is 4.43. The van der Waals surface area contributed by atoms with Crippen molar-refractivity contribution in [2.75, 3.05) is 0 Å². The molecule has 0 saturated carbocycles. The van der Waals surface area contributed by atoms with Crippen molar-refractivity contribution in [1.82, 2.24) is 14.5 Å². The highest BCUT2D eigenvalue weighted by molar-refractivity contribution is 9.10. The van der Waals surface area contributed by atoms with E-state index in [-0.39, 0.29) is 0 Å². The van der Waals surface area contributed by atoms with Gasteiger partial charge < -0.3 is 0 Å². The van der Waals surface area contributed by atoms with E-state index in [1.165, 1.54) is 0 Å². The molecule has 102 valence electrons. The Hall–Kier alpha value is -1.10. The van der Waals surface area contributed by atoms with Gasteiger partial charge in [-0.2, -0.15) is 0 Å². The molecule has 3 rings (SSSR count). The Labute approximate surface area is 134 Å². The smallest absolute Gasteiger partial charge is 0.164 e. The van der Waals surface area contributed by atoms with E-state index in [4.69, 9.17) is 23.2 Å². The van der Waals surface area contributed by atoms with Crippen molar-refractivity contribution >= 4 is 50.3 Å². The van der Waals surface area contributed by atoms with Gasteiger partial charge in [0.25, 0.3) is 0 Å². The lowest BCUT2D eigenvalue weighted by Crippen LogP contribution is -2.01. The molecule has 0 unspecified atom stereocenters. The van der Waals surface area contributed by atoms with Crippen LogP contribution in [0.3, 0.4) is 0 Å². The molecule has 6 heteroatoms. The molecular formula is C14H10BrCl2N3. The van der Waals surface area contributed by atoms with Gasteiger partial charge in [-0.3, -0.25) is 4.57 Å². The molecule has 3 nitrogen and oxygen atoms in total. The van der Waals surface area contributed by atoms with Crippen LogP contribution in [0.15, 0.2) is 34.9 Å². The number of fused-ring (bicyclic) bond motifs is 1. The number of halogens is 3. The summed E-state index contributed by atoms with van der Waals surface area (Å²) >= 11 is 15.7. The third kappa shape index (κ3) is 2.22. The van der Waals surface area contributed by atoms with Gasteiger partial charge >= 0.3 is 0 Å². The quantitative estimate of drug-likeness (QED) is 0.601. The molecule has 0 aliphatic heterocycles. The molecule has 0 radical (unpaired) electrons. The number of aromatic nitrogens is 3. The topological polar surface area (TPSA) is 30.7 Å². The first-order valence-corrected chi connectivity index (χ1v) is 7.66. The first-order chi connectivity index (χ1) is 9.61. The molecule has 3 aromatic rings. The summed E-state index contributed by atoms with van der Waals surface area (Å²) in [6.45, 7) is 1.99. The highest BCUT2D eigenvalue weighted by Gasteiger charge is 2.16.